The third kappa shape index (κ3) is 5.17. The molecular weight excluding hydrogens is 360 g/mol. The van der Waals surface area contributed by atoms with Gasteiger partial charge >= 0.3 is 0 Å². The van der Waals surface area contributed by atoms with Gasteiger partial charge in [0, 0.05) is 11.6 Å². The molecule has 3 nitrogen and oxygen atoms in total. The number of Topliss-reactive ketones (excluding diaryl/α,β-unsaturated/α-hetero) is 1. The number of rotatable bonds is 4. The average molecular weight is 391 g/mol. The number of hydrogen-bond donors (Lipinski definition) is 2. The van der Waals surface area contributed by atoms with E-state index in [1.807, 2.05) is 13.0 Å². The number of aromatic hydroxyl groups is 2. The molecule has 0 unspecified atom stereocenters. The molecule has 2 N–H and O–H groups in total. The molecule has 3 heteroatoms. The van der Waals surface area contributed by atoms with Crippen LogP contribution in [0.5, 0.6) is 11.5 Å². The van der Waals surface area contributed by atoms with Crippen LogP contribution < -0.4 is 0 Å². The summed E-state index contributed by atoms with van der Waals surface area (Å²) < 4.78 is 0. The number of benzene rings is 2. The van der Waals surface area contributed by atoms with Crippen LogP contribution in [0.25, 0.3) is 5.57 Å². The molecule has 0 aliphatic heterocycles. The normalized spacial score (nSPS) is 15.7. The van der Waals surface area contributed by atoms with Crippen LogP contribution in [0.3, 0.4) is 0 Å². The highest BCUT2D eigenvalue weighted by Gasteiger charge is 2.23. The van der Waals surface area contributed by atoms with Gasteiger partial charge in [-0.25, -0.2) is 0 Å². The van der Waals surface area contributed by atoms with Gasteiger partial charge in [-0.3, -0.25) is 4.79 Å². The second kappa shape index (κ2) is 9.60. The van der Waals surface area contributed by atoms with Gasteiger partial charge in [-0.05, 0) is 79.3 Å². The first-order valence-electron chi connectivity index (χ1n) is 10.5. The Bertz CT molecular complexity index is 933. The first-order chi connectivity index (χ1) is 14.0. The molecule has 4 rings (SSSR count). The number of allylic oxidation sites excluding steroid dienone is 4. The molecule has 152 valence electrons. The average Bonchev–Trinajstić information content (AvgIpc) is 2.68. The molecule has 0 aromatic heterocycles. The van der Waals surface area contributed by atoms with Crippen molar-refractivity contribution >= 4 is 11.4 Å². The van der Waals surface area contributed by atoms with Crippen LogP contribution in [0.4, 0.5) is 0 Å². The predicted octanol–water partition coefficient (Wildman–Crippen LogP) is 6.55. The molecule has 0 radical (unpaired) electrons. The number of aryl methyl sites for hydroxylation is 1. The summed E-state index contributed by atoms with van der Waals surface area (Å²) in [5.74, 6) is 1.15. The summed E-state index contributed by atoms with van der Waals surface area (Å²) >= 11 is 0. The molecule has 0 atom stereocenters. The van der Waals surface area contributed by atoms with Crippen LogP contribution in [-0.4, -0.2) is 16.0 Å². The predicted molar refractivity (Wildman–Crippen MR) is 119 cm³/mol. The zero-order chi connectivity index (χ0) is 20.8. The highest BCUT2D eigenvalue weighted by atomic mass is 16.3. The standard InChI is InChI=1S/C18H20O.C8H10O2/c1-13(19)16-10-11-17(14-8-5-9-14)18(12-16)15-6-3-2-4-7-15;1-2-6-3-4-7(9)5-8(6)10/h2-3,7,10-12,14H,4-6,8-9H2,1H3;3-5,9-10H,2H2,1H3. The van der Waals surface area contributed by atoms with Crippen LogP contribution in [0.2, 0.25) is 0 Å². The lowest BCUT2D eigenvalue weighted by atomic mass is 9.76. The Balaban J connectivity index is 0.000000204. The number of phenols is 2. The zero-order valence-electron chi connectivity index (χ0n) is 17.3. The van der Waals surface area contributed by atoms with Gasteiger partial charge in [0.1, 0.15) is 11.5 Å². The van der Waals surface area contributed by atoms with Crippen molar-refractivity contribution in [1.29, 1.82) is 0 Å². The highest BCUT2D eigenvalue weighted by Crippen LogP contribution is 2.41. The fourth-order valence-corrected chi connectivity index (χ4v) is 3.80. The molecule has 2 aromatic carbocycles. The molecule has 0 amide bonds. The maximum Gasteiger partial charge on any atom is 0.159 e. The van der Waals surface area contributed by atoms with E-state index in [-0.39, 0.29) is 17.3 Å². The largest absolute Gasteiger partial charge is 0.508 e. The van der Waals surface area contributed by atoms with Crippen molar-refractivity contribution in [2.24, 2.45) is 0 Å². The molecule has 0 spiro atoms. The minimum Gasteiger partial charge on any atom is -0.508 e. The van der Waals surface area contributed by atoms with Gasteiger partial charge in [-0.2, -0.15) is 0 Å². The number of carbonyl (C=O) groups is 1. The second-order valence-corrected chi connectivity index (χ2v) is 7.79. The molecule has 2 aliphatic rings. The van der Waals surface area contributed by atoms with E-state index in [9.17, 15) is 4.79 Å². The van der Waals surface area contributed by atoms with E-state index in [1.165, 1.54) is 42.0 Å². The Labute approximate surface area is 173 Å². The maximum absolute atomic E-state index is 11.6. The van der Waals surface area contributed by atoms with Crippen molar-refractivity contribution in [2.45, 2.75) is 58.3 Å². The van der Waals surface area contributed by atoms with Gasteiger partial charge in [-0.15, -0.1) is 0 Å². The minimum atomic E-state index is 0.106. The number of carbonyl (C=O) groups excluding carboxylic acids is 1. The van der Waals surface area contributed by atoms with Crippen molar-refractivity contribution in [3.63, 3.8) is 0 Å². The second-order valence-electron chi connectivity index (χ2n) is 7.79. The summed E-state index contributed by atoms with van der Waals surface area (Å²) in [7, 11) is 0. The SMILES string of the molecule is CC(=O)c1ccc(C2CCC2)c(C2=CCC=CC2)c1.CCc1ccc(O)cc1O. The van der Waals surface area contributed by atoms with Crippen molar-refractivity contribution in [3.8, 4) is 11.5 Å². The smallest absolute Gasteiger partial charge is 0.159 e. The quantitative estimate of drug-likeness (QED) is 0.460. The van der Waals surface area contributed by atoms with Crippen LogP contribution >= 0.6 is 0 Å². The Hall–Kier alpha value is -2.81. The first-order valence-corrected chi connectivity index (χ1v) is 10.5. The Morgan fingerprint density at radius 3 is 2.41 bits per heavy atom. The minimum absolute atomic E-state index is 0.106. The van der Waals surface area contributed by atoms with Gasteiger partial charge in [0.2, 0.25) is 0 Å². The van der Waals surface area contributed by atoms with E-state index in [2.05, 4.69) is 30.4 Å². The molecule has 2 aromatic rings. The molecule has 1 fully saturated rings. The van der Waals surface area contributed by atoms with E-state index < -0.39 is 0 Å². The molecule has 0 bridgehead atoms. The van der Waals surface area contributed by atoms with Crippen molar-refractivity contribution in [3.05, 3.63) is 76.9 Å². The van der Waals surface area contributed by atoms with Crippen molar-refractivity contribution in [1.82, 2.24) is 0 Å². The van der Waals surface area contributed by atoms with Crippen molar-refractivity contribution < 1.29 is 15.0 Å². The highest BCUT2D eigenvalue weighted by molar-refractivity contribution is 5.95. The summed E-state index contributed by atoms with van der Waals surface area (Å²) in [4.78, 5) is 11.6. The van der Waals surface area contributed by atoms with E-state index >= 15 is 0 Å². The summed E-state index contributed by atoms with van der Waals surface area (Å²) in [5.41, 5.74) is 5.87. The molecular formula is C26H30O3. The van der Waals surface area contributed by atoms with Crippen LogP contribution in [0, 0.1) is 0 Å². The zero-order valence-corrected chi connectivity index (χ0v) is 17.3. The van der Waals surface area contributed by atoms with Crippen LogP contribution in [0.15, 0.2) is 54.6 Å². The van der Waals surface area contributed by atoms with E-state index in [1.54, 1.807) is 19.1 Å². The van der Waals surface area contributed by atoms with E-state index in [0.29, 0.717) is 5.92 Å². The summed E-state index contributed by atoms with van der Waals surface area (Å²) in [6, 6.07) is 10.9. The molecule has 1 saturated carbocycles. The van der Waals surface area contributed by atoms with Crippen LogP contribution in [0.1, 0.15) is 78.9 Å². The number of hydrogen-bond acceptors (Lipinski definition) is 3. The maximum atomic E-state index is 11.6. The van der Waals surface area contributed by atoms with Crippen molar-refractivity contribution in [2.75, 3.05) is 0 Å². The fraction of sp³-hybridized carbons (Fsp3) is 0.346. The molecule has 2 aliphatic carbocycles. The Kier molecular flexibility index (Phi) is 6.92. The van der Waals surface area contributed by atoms with Crippen LogP contribution in [-0.2, 0) is 6.42 Å². The van der Waals surface area contributed by atoms with E-state index in [0.717, 1.165) is 30.4 Å². The fourth-order valence-electron chi connectivity index (χ4n) is 3.80. The molecule has 0 heterocycles. The first kappa shape index (κ1) is 20.9. The lowest BCUT2D eigenvalue weighted by Gasteiger charge is -2.29. The van der Waals surface area contributed by atoms with Gasteiger partial charge in [-0.1, -0.05) is 49.8 Å². The Morgan fingerprint density at radius 1 is 1.07 bits per heavy atom. The number of ketones is 1. The molecule has 29 heavy (non-hydrogen) atoms. The van der Waals surface area contributed by atoms with E-state index in [4.69, 9.17) is 10.2 Å². The lowest BCUT2D eigenvalue weighted by Crippen LogP contribution is -2.12. The van der Waals surface area contributed by atoms with Gasteiger partial charge in [0.15, 0.2) is 5.78 Å². The molecule has 0 saturated heterocycles. The third-order valence-electron chi connectivity index (χ3n) is 5.81. The van der Waals surface area contributed by atoms with Gasteiger partial charge in [0.05, 0.1) is 0 Å². The third-order valence-corrected chi connectivity index (χ3v) is 5.81. The monoisotopic (exact) mass is 390 g/mol. The van der Waals surface area contributed by atoms with Gasteiger partial charge in [0.25, 0.3) is 0 Å². The number of phenolic OH excluding ortho intramolecular Hbond substituents is 2. The summed E-state index contributed by atoms with van der Waals surface area (Å²) in [5, 5.41) is 18.0. The Morgan fingerprint density at radius 2 is 1.86 bits per heavy atom. The summed E-state index contributed by atoms with van der Waals surface area (Å²) in [6.45, 7) is 3.60. The topological polar surface area (TPSA) is 57.5 Å². The lowest BCUT2D eigenvalue weighted by molar-refractivity contribution is 0.101. The van der Waals surface area contributed by atoms with Gasteiger partial charge < -0.3 is 10.2 Å². The summed E-state index contributed by atoms with van der Waals surface area (Å²) in [6.07, 6.45) is 13.5.